The molecule has 1 fully saturated rings. The second-order valence-corrected chi connectivity index (χ2v) is 6.66. The van der Waals surface area contributed by atoms with Crippen molar-refractivity contribution in [2.45, 2.75) is 25.4 Å². The molecular formula is C20H20N4O3. The number of ether oxygens (including phenoxy) is 1. The highest BCUT2D eigenvalue weighted by atomic mass is 16.5. The van der Waals surface area contributed by atoms with Gasteiger partial charge in [-0.05, 0) is 41.8 Å². The van der Waals surface area contributed by atoms with Crippen molar-refractivity contribution in [2.24, 2.45) is 0 Å². The van der Waals surface area contributed by atoms with Gasteiger partial charge in [0, 0.05) is 37.9 Å². The molecule has 0 bridgehead atoms. The highest BCUT2D eigenvalue weighted by Crippen LogP contribution is 2.22. The summed E-state index contributed by atoms with van der Waals surface area (Å²) in [4.78, 5) is 33.9. The van der Waals surface area contributed by atoms with Gasteiger partial charge in [-0.2, -0.15) is 0 Å². The summed E-state index contributed by atoms with van der Waals surface area (Å²) in [6.45, 7) is 1.23. The predicted molar refractivity (Wildman–Crippen MR) is 100 cm³/mol. The Labute approximate surface area is 157 Å². The Morgan fingerprint density at radius 1 is 1.33 bits per heavy atom. The Bertz CT molecular complexity index is 882. The normalized spacial score (nSPS) is 19.0. The fourth-order valence-electron chi connectivity index (χ4n) is 3.27. The number of anilines is 1. The lowest BCUT2D eigenvalue weighted by Gasteiger charge is -2.16. The minimum Gasteiger partial charge on any atom is -0.487 e. The summed E-state index contributed by atoms with van der Waals surface area (Å²) >= 11 is 0. The number of aryl methyl sites for hydroxylation is 1. The third kappa shape index (κ3) is 4.13. The molecule has 0 aliphatic carbocycles. The first-order valence-electron chi connectivity index (χ1n) is 9.00. The number of carbonyl (C=O) groups is 2. The van der Waals surface area contributed by atoms with Crippen LogP contribution in [0.25, 0.3) is 6.08 Å². The van der Waals surface area contributed by atoms with Gasteiger partial charge < -0.3 is 15.0 Å². The monoisotopic (exact) mass is 364 g/mol. The van der Waals surface area contributed by atoms with Crippen molar-refractivity contribution in [2.75, 3.05) is 18.4 Å². The number of hydrogen-bond donors (Lipinski definition) is 1. The summed E-state index contributed by atoms with van der Waals surface area (Å²) in [7, 11) is 0. The number of hydrogen-bond acceptors (Lipinski definition) is 5. The van der Waals surface area contributed by atoms with E-state index < -0.39 is 0 Å². The molecule has 1 unspecified atom stereocenters. The van der Waals surface area contributed by atoms with E-state index in [-0.39, 0.29) is 17.9 Å². The summed E-state index contributed by atoms with van der Waals surface area (Å²) in [5, 5.41) is 2.75. The van der Waals surface area contributed by atoms with Crippen molar-refractivity contribution in [1.29, 1.82) is 0 Å². The minimum absolute atomic E-state index is 0.00874. The zero-order chi connectivity index (χ0) is 18.6. The first-order valence-corrected chi connectivity index (χ1v) is 9.00. The van der Waals surface area contributed by atoms with Crippen LogP contribution in [0.1, 0.15) is 24.0 Å². The fraction of sp³-hybridized carbons (Fsp3) is 0.300. The molecule has 1 N–H and O–H groups in total. The zero-order valence-corrected chi connectivity index (χ0v) is 14.8. The quantitative estimate of drug-likeness (QED) is 0.840. The second-order valence-electron chi connectivity index (χ2n) is 6.66. The molecule has 1 atom stereocenters. The number of amides is 2. The van der Waals surface area contributed by atoms with Crippen LogP contribution in [0.15, 0.2) is 42.9 Å². The highest BCUT2D eigenvalue weighted by molar-refractivity contribution is 5.93. The van der Waals surface area contributed by atoms with Crippen LogP contribution in [-0.4, -0.2) is 45.9 Å². The smallest absolute Gasteiger partial charge is 0.246 e. The van der Waals surface area contributed by atoms with Gasteiger partial charge in [0.1, 0.15) is 17.7 Å². The van der Waals surface area contributed by atoms with Crippen LogP contribution in [0.4, 0.5) is 5.82 Å². The van der Waals surface area contributed by atoms with Crippen LogP contribution in [-0.2, 0) is 16.0 Å². The van der Waals surface area contributed by atoms with E-state index >= 15 is 0 Å². The number of rotatable bonds is 4. The summed E-state index contributed by atoms with van der Waals surface area (Å²) in [5.41, 5.74) is 1.84. The van der Waals surface area contributed by atoms with Gasteiger partial charge in [0.15, 0.2) is 0 Å². The lowest BCUT2D eigenvalue weighted by molar-refractivity contribution is -0.125. The summed E-state index contributed by atoms with van der Waals surface area (Å²) in [6.07, 6.45) is 10.3. The van der Waals surface area contributed by atoms with E-state index in [1.54, 1.807) is 35.6 Å². The molecule has 2 aromatic heterocycles. The molecule has 0 saturated carbocycles. The van der Waals surface area contributed by atoms with Gasteiger partial charge >= 0.3 is 0 Å². The van der Waals surface area contributed by atoms with Gasteiger partial charge in [-0.3, -0.25) is 14.6 Å². The molecule has 138 valence electrons. The standard InChI is InChI=1S/C20H20N4O3/c25-18-5-4-15-10-14(11-22-20(15)23-18)3-6-19(26)24-9-7-17(13-24)27-16-2-1-8-21-12-16/h1-3,6,8,10-12,17H,4-5,7,9,13H2,(H,22,23,25)/b6-3+. The summed E-state index contributed by atoms with van der Waals surface area (Å²) in [5.74, 6) is 1.29. The van der Waals surface area contributed by atoms with Crippen LogP contribution in [0.3, 0.4) is 0 Å². The molecule has 27 heavy (non-hydrogen) atoms. The number of likely N-dealkylation sites (tertiary alicyclic amines) is 1. The van der Waals surface area contributed by atoms with Crippen molar-refractivity contribution in [1.82, 2.24) is 14.9 Å². The van der Waals surface area contributed by atoms with Crippen molar-refractivity contribution in [3.63, 3.8) is 0 Å². The van der Waals surface area contributed by atoms with Crippen LogP contribution in [0, 0.1) is 0 Å². The SMILES string of the molecule is O=C1CCc2cc(/C=C/C(=O)N3CCC(Oc4cccnc4)C3)cnc2N1. The maximum atomic E-state index is 12.4. The summed E-state index contributed by atoms with van der Waals surface area (Å²) < 4.78 is 5.86. The average Bonchev–Trinajstić information content (AvgIpc) is 3.15. The fourth-order valence-corrected chi connectivity index (χ4v) is 3.27. The minimum atomic E-state index is -0.0432. The van der Waals surface area contributed by atoms with Crippen LogP contribution < -0.4 is 10.1 Å². The van der Waals surface area contributed by atoms with Crippen molar-refractivity contribution >= 4 is 23.7 Å². The third-order valence-corrected chi connectivity index (χ3v) is 4.68. The van der Waals surface area contributed by atoms with Gasteiger partial charge in [-0.15, -0.1) is 0 Å². The molecule has 0 spiro atoms. The molecule has 7 heteroatoms. The van der Waals surface area contributed by atoms with Gasteiger partial charge in [-0.1, -0.05) is 0 Å². The number of pyridine rings is 2. The number of fused-ring (bicyclic) bond motifs is 1. The van der Waals surface area contributed by atoms with Crippen molar-refractivity contribution in [3.8, 4) is 5.75 Å². The van der Waals surface area contributed by atoms with E-state index in [1.165, 1.54) is 0 Å². The Balaban J connectivity index is 1.35. The largest absolute Gasteiger partial charge is 0.487 e. The van der Waals surface area contributed by atoms with E-state index in [1.807, 2.05) is 18.2 Å². The van der Waals surface area contributed by atoms with Crippen LogP contribution >= 0.6 is 0 Å². The van der Waals surface area contributed by atoms with E-state index in [4.69, 9.17) is 4.74 Å². The Hall–Kier alpha value is -3.22. The Kier molecular flexibility index (Phi) is 4.82. The van der Waals surface area contributed by atoms with Crippen LogP contribution in [0.5, 0.6) is 5.75 Å². The van der Waals surface area contributed by atoms with Crippen LogP contribution in [0.2, 0.25) is 0 Å². The molecule has 2 aliphatic heterocycles. The first kappa shape index (κ1) is 17.2. The predicted octanol–water partition coefficient (Wildman–Crippen LogP) is 2.05. The zero-order valence-electron chi connectivity index (χ0n) is 14.8. The molecule has 4 heterocycles. The molecule has 0 radical (unpaired) electrons. The molecule has 7 nitrogen and oxygen atoms in total. The molecular weight excluding hydrogens is 344 g/mol. The van der Waals surface area contributed by atoms with E-state index in [0.717, 1.165) is 23.3 Å². The number of aromatic nitrogens is 2. The summed E-state index contributed by atoms with van der Waals surface area (Å²) in [6, 6.07) is 5.65. The van der Waals surface area contributed by atoms with E-state index in [2.05, 4.69) is 15.3 Å². The average molecular weight is 364 g/mol. The third-order valence-electron chi connectivity index (χ3n) is 4.68. The van der Waals surface area contributed by atoms with Crippen molar-refractivity contribution in [3.05, 3.63) is 54.0 Å². The van der Waals surface area contributed by atoms with Crippen molar-refractivity contribution < 1.29 is 14.3 Å². The van der Waals surface area contributed by atoms with Gasteiger partial charge in [0.2, 0.25) is 11.8 Å². The molecule has 2 aliphatic rings. The number of nitrogens with zero attached hydrogens (tertiary/aromatic N) is 3. The molecule has 2 amide bonds. The van der Waals surface area contributed by atoms with E-state index in [9.17, 15) is 9.59 Å². The second kappa shape index (κ2) is 7.57. The van der Waals surface area contributed by atoms with Gasteiger partial charge in [0.25, 0.3) is 0 Å². The molecule has 0 aromatic carbocycles. The van der Waals surface area contributed by atoms with Gasteiger partial charge in [0.05, 0.1) is 12.7 Å². The van der Waals surface area contributed by atoms with Gasteiger partial charge in [-0.25, -0.2) is 4.98 Å². The Morgan fingerprint density at radius 2 is 2.26 bits per heavy atom. The lowest BCUT2D eigenvalue weighted by Crippen LogP contribution is -2.29. The molecule has 1 saturated heterocycles. The number of carbonyl (C=O) groups excluding carboxylic acids is 2. The number of nitrogens with one attached hydrogen (secondary N) is 1. The maximum absolute atomic E-state index is 12.4. The van der Waals surface area contributed by atoms with E-state index in [0.29, 0.717) is 31.7 Å². The molecule has 2 aromatic rings. The first-order chi connectivity index (χ1) is 13.2. The highest BCUT2D eigenvalue weighted by Gasteiger charge is 2.26. The molecule has 4 rings (SSSR count). The maximum Gasteiger partial charge on any atom is 0.246 e. The topological polar surface area (TPSA) is 84.4 Å². The lowest BCUT2D eigenvalue weighted by atomic mass is 10.0. The Morgan fingerprint density at radius 3 is 3.11 bits per heavy atom.